The summed E-state index contributed by atoms with van der Waals surface area (Å²) in [5, 5.41) is 11.5. The van der Waals surface area contributed by atoms with Gasteiger partial charge in [-0.25, -0.2) is 0 Å². The SMILES string of the molecule is C/C(=C\C(=O)Nc1ccc(OCCO)cc1)C1CC1. The molecule has 1 saturated carbocycles. The van der Waals surface area contributed by atoms with E-state index in [2.05, 4.69) is 5.32 Å². The lowest BCUT2D eigenvalue weighted by Crippen LogP contribution is -2.09. The van der Waals surface area contributed by atoms with Crippen LogP contribution in [0.5, 0.6) is 5.75 Å². The van der Waals surface area contributed by atoms with Crippen molar-refractivity contribution >= 4 is 11.6 Å². The predicted molar refractivity (Wildman–Crippen MR) is 74.1 cm³/mol. The molecule has 0 radical (unpaired) electrons. The van der Waals surface area contributed by atoms with Crippen LogP contribution in [-0.4, -0.2) is 24.2 Å². The predicted octanol–water partition coefficient (Wildman–Crippen LogP) is 2.35. The van der Waals surface area contributed by atoms with E-state index in [1.54, 1.807) is 30.3 Å². The number of aliphatic hydroxyl groups is 1. The Labute approximate surface area is 113 Å². The molecule has 0 saturated heterocycles. The molecule has 0 bridgehead atoms. The number of aliphatic hydroxyl groups excluding tert-OH is 1. The number of amides is 1. The fourth-order valence-corrected chi connectivity index (χ4v) is 1.84. The highest BCUT2D eigenvalue weighted by molar-refractivity contribution is 5.99. The van der Waals surface area contributed by atoms with E-state index in [-0.39, 0.29) is 19.1 Å². The molecule has 0 atom stereocenters. The number of nitrogens with one attached hydrogen (secondary N) is 1. The van der Waals surface area contributed by atoms with E-state index in [0.717, 1.165) is 11.3 Å². The number of carbonyl (C=O) groups is 1. The fraction of sp³-hybridized carbons (Fsp3) is 0.400. The molecule has 0 heterocycles. The van der Waals surface area contributed by atoms with Crippen molar-refractivity contribution in [3.63, 3.8) is 0 Å². The minimum absolute atomic E-state index is 0.0102. The van der Waals surface area contributed by atoms with Crippen LogP contribution in [0.25, 0.3) is 0 Å². The van der Waals surface area contributed by atoms with E-state index in [4.69, 9.17) is 9.84 Å². The van der Waals surface area contributed by atoms with Gasteiger partial charge in [-0.2, -0.15) is 0 Å². The number of rotatable bonds is 6. The zero-order valence-corrected chi connectivity index (χ0v) is 11.1. The molecule has 102 valence electrons. The van der Waals surface area contributed by atoms with Gasteiger partial charge in [-0.3, -0.25) is 4.79 Å². The molecule has 0 aliphatic heterocycles. The van der Waals surface area contributed by atoms with Gasteiger partial charge in [0.25, 0.3) is 0 Å². The number of anilines is 1. The fourth-order valence-electron chi connectivity index (χ4n) is 1.84. The van der Waals surface area contributed by atoms with E-state index >= 15 is 0 Å². The van der Waals surface area contributed by atoms with Crippen LogP contribution < -0.4 is 10.1 Å². The summed E-state index contributed by atoms with van der Waals surface area (Å²) in [7, 11) is 0. The molecule has 1 fully saturated rings. The number of hydrogen-bond donors (Lipinski definition) is 2. The van der Waals surface area contributed by atoms with E-state index in [9.17, 15) is 4.79 Å². The molecule has 1 aliphatic rings. The van der Waals surface area contributed by atoms with Gasteiger partial charge in [0.1, 0.15) is 12.4 Å². The standard InChI is InChI=1S/C15H19NO3/c1-11(12-2-3-12)10-15(18)16-13-4-6-14(7-5-13)19-9-8-17/h4-7,10,12,17H,2-3,8-9H2,1H3,(H,16,18)/b11-10+. The Kier molecular flexibility index (Phi) is 4.58. The summed E-state index contributed by atoms with van der Waals surface area (Å²) in [5.41, 5.74) is 1.89. The lowest BCUT2D eigenvalue weighted by molar-refractivity contribution is -0.112. The Hall–Kier alpha value is -1.81. The molecular weight excluding hydrogens is 242 g/mol. The van der Waals surface area contributed by atoms with Gasteiger partial charge in [0, 0.05) is 11.8 Å². The topological polar surface area (TPSA) is 58.6 Å². The number of carbonyl (C=O) groups excluding carboxylic acids is 1. The maximum Gasteiger partial charge on any atom is 0.248 e. The third-order valence-electron chi connectivity index (χ3n) is 3.06. The Morgan fingerprint density at radius 1 is 1.42 bits per heavy atom. The molecule has 0 unspecified atom stereocenters. The molecule has 2 rings (SSSR count). The highest BCUT2D eigenvalue weighted by Crippen LogP contribution is 2.35. The van der Waals surface area contributed by atoms with Crippen LogP contribution in [-0.2, 0) is 4.79 Å². The van der Waals surface area contributed by atoms with Crippen molar-refractivity contribution in [3.05, 3.63) is 35.9 Å². The maximum absolute atomic E-state index is 11.8. The van der Waals surface area contributed by atoms with Gasteiger partial charge < -0.3 is 15.2 Å². The summed E-state index contributed by atoms with van der Waals surface area (Å²) in [5.74, 6) is 1.20. The number of ether oxygens (including phenoxy) is 1. The van der Waals surface area contributed by atoms with Crippen LogP contribution in [0.2, 0.25) is 0 Å². The molecule has 0 spiro atoms. The summed E-state index contributed by atoms with van der Waals surface area (Å²) >= 11 is 0. The molecule has 0 aromatic heterocycles. The second kappa shape index (κ2) is 6.38. The Morgan fingerprint density at radius 3 is 2.68 bits per heavy atom. The average Bonchev–Trinajstić information content (AvgIpc) is 3.22. The smallest absolute Gasteiger partial charge is 0.248 e. The Bertz CT molecular complexity index is 461. The Balaban J connectivity index is 1.88. The van der Waals surface area contributed by atoms with Crippen molar-refractivity contribution in [2.75, 3.05) is 18.5 Å². The van der Waals surface area contributed by atoms with Gasteiger partial charge in [0.15, 0.2) is 0 Å². The van der Waals surface area contributed by atoms with Crippen LogP contribution in [0.15, 0.2) is 35.9 Å². The second-order valence-corrected chi connectivity index (χ2v) is 4.75. The van der Waals surface area contributed by atoms with Gasteiger partial charge in [-0.05, 0) is 49.9 Å². The van der Waals surface area contributed by atoms with E-state index in [1.165, 1.54) is 12.8 Å². The molecule has 1 aromatic rings. The number of hydrogen-bond acceptors (Lipinski definition) is 3. The largest absolute Gasteiger partial charge is 0.491 e. The first-order valence-corrected chi connectivity index (χ1v) is 6.52. The highest BCUT2D eigenvalue weighted by Gasteiger charge is 2.23. The number of allylic oxidation sites excluding steroid dienone is 1. The van der Waals surface area contributed by atoms with Crippen molar-refractivity contribution in [1.82, 2.24) is 0 Å². The van der Waals surface area contributed by atoms with E-state index in [1.807, 2.05) is 6.92 Å². The minimum atomic E-state index is -0.0894. The molecule has 2 N–H and O–H groups in total. The monoisotopic (exact) mass is 261 g/mol. The summed E-state index contributed by atoms with van der Waals surface area (Å²) in [6.07, 6.45) is 4.08. The van der Waals surface area contributed by atoms with Crippen LogP contribution in [0.3, 0.4) is 0 Å². The van der Waals surface area contributed by atoms with Crippen molar-refractivity contribution in [3.8, 4) is 5.75 Å². The normalized spacial score (nSPS) is 15.2. The van der Waals surface area contributed by atoms with Crippen molar-refractivity contribution in [2.24, 2.45) is 5.92 Å². The van der Waals surface area contributed by atoms with Gasteiger partial charge in [-0.15, -0.1) is 0 Å². The van der Waals surface area contributed by atoms with Crippen LogP contribution in [0.1, 0.15) is 19.8 Å². The van der Waals surface area contributed by atoms with Gasteiger partial charge in [0.05, 0.1) is 6.61 Å². The first-order valence-electron chi connectivity index (χ1n) is 6.52. The number of benzene rings is 1. The first-order chi connectivity index (χ1) is 9.19. The molecule has 19 heavy (non-hydrogen) atoms. The average molecular weight is 261 g/mol. The van der Waals surface area contributed by atoms with Crippen LogP contribution >= 0.6 is 0 Å². The minimum Gasteiger partial charge on any atom is -0.491 e. The van der Waals surface area contributed by atoms with Crippen LogP contribution in [0.4, 0.5) is 5.69 Å². The highest BCUT2D eigenvalue weighted by atomic mass is 16.5. The zero-order chi connectivity index (χ0) is 13.7. The van der Waals surface area contributed by atoms with Crippen LogP contribution in [0, 0.1) is 5.92 Å². The van der Waals surface area contributed by atoms with Gasteiger partial charge >= 0.3 is 0 Å². The third-order valence-corrected chi connectivity index (χ3v) is 3.06. The summed E-state index contributed by atoms with van der Waals surface area (Å²) in [4.78, 5) is 11.8. The first kappa shape index (κ1) is 13.6. The zero-order valence-electron chi connectivity index (χ0n) is 11.1. The molecule has 4 nitrogen and oxygen atoms in total. The van der Waals surface area contributed by atoms with Crippen molar-refractivity contribution in [2.45, 2.75) is 19.8 Å². The summed E-state index contributed by atoms with van der Waals surface area (Å²) < 4.78 is 5.24. The summed E-state index contributed by atoms with van der Waals surface area (Å²) in [6, 6.07) is 7.10. The molecule has 1 aromatic carbocycles. The second-order valence-electron chi connectivity index (χ2n) is 4.75. The van der Waals surface area contributed by atoms with Gasteiger partial charge in [0.2, 0.25) is 5.91 Å². The van der Waals surface area contributed by atoms with E-state index in [0.29, 0.717) is 11.7 Å². The lowest BCUT2D eigenvalue weighted by atomic mass is 10.2. The van der Waals surface area contributed by atoms with Gasteiger partial charge in [-0.1, -0.05) is 5.57 Å². The Morgan fingerprint density at radius 2 is 2.11 bits per heavy atom. The quantitative estimate of drug-likeness (QED) is 0.773. The molecule has 1 aliphatic carbocycles. The molecule has 4 heteroatoms. The maximum atomic E-state index is 11.8. The molecule has 1 amide bonds. The van der Waals surface area contributed by atoms with E-state index < -0.39 is 0 Å². The third kappa shape index (κ3) is 4.41. The lowest BCUT2D eigenvalue weighted by Gasteiger charge is -2.06. The van der Waals surface area contributed by atoms with Crippen molar-refractivity contribution < 1.29 is 14.6 Å². The summed E-state index contributed by atoms with van der Waals surface area (Å²) in [6.45, 7) is 2.27. The molecular formula is C15H19NO3. The van der Waals surface area contributed by atoms with Crippen molar-refractivity contribution in [1.29, 1.82) is 0 Å².